The van der Waals surface area contributed by atoms with Crippen LogP contribution in [0.2, 0.25) is 0 Å². The molecule has 0 bridgehead atoms. The third-order valence-electron chi connectivity index (χ3n) is 5.70. The summed E-state index contributed by atoms with van der Waals surface area (Å²) in [6.07, 6.45) is 4.89. The van der Waals surface area contributed by atoms with Crippen molar-refractivity contribution < 1.29 is 0 Å². The van der Waals surface area contributed by atoms with E-state index in [4.69, 9.17) is 4.98 Å². The van der Waals surface area contributed by atoms with Crippen molar-refractivity contribution in [2.75, 3.05) is 47.8 Å². The van der Waals surface area contributed by atoms with Crippen LogP contribution in [0, 0.1) is 0 Å². The number of piperazine rings is 1. The number of hydrogen-bond acceptors (Lipinski definition) is 5. The third-order valence-corrected chi connectivity index (χ3v) is 5.70. The van der Waals surface area contributed by atoms with Gasteiger partial charge in [0.05, 0.1) is 0 Å². The number of para-hydroxylation sites is 2. The van der Waals surface area contributed by atoms with Gasteiger partial charge in [0, 0.05) is 61.7 Å². The van der Waals surface area contributed by atoms with Crippen molar-refractivity contribution >= 4 is 28.4 Å². The Morgan fingerprint density at radius 3 is 2.50 bits per heavy atom. The number of benzene rings is 2. The van der Waals surface area contributed by atoms with E-state index in [0.717, 1.165) is 50.9 Å². The number of nitrogens with zero attached hydrogens (tertiary/aromatic N) is 4. The van der Waals surface area contributed by atoms with Crippen LogP contribution in [0.3, 0.4) is 0 Å². The summed E-state index contributed by atoms with van der Waals surface area (Å²) in [5, 5.41) is 4.75. The molecule has 0 amide bonds. The molecule has 6 nitrogen and oxygen atoms in total. The summed E-state index contributed by atoms with van der Waals surface area (Å²) < 4.78 is 0. The van der Waals surface area contributed by atoms with E-state index >= 15 is 0 Å². The number of H-pyrrole nitrogens is 1. The van der Waals surface area contributed by atoms with Crippen molar-refractivity contribution in [3.8, 4) is 0 Å². The van der Waals surface area contributed by atoms with E-state index in [-0.39, 0.29) is 0 Å². The molecule has 4 aromatic rings. The lowest BCUT2D eigenvalue weighted by molar-refractivity contribution is 0.640. The summed E-state index contributed by atoms with van der Waals surface area (Å²) in [6, 6.07) is 21.0. The van der Waals surface area contributed by atoms with E-state index in [9.17, 15) is 0 Å². The van der Waals surface area contributed by atoms with E-state index in [0.29, 0.717) is 0 Å². The van der Waals surface area contributed by atoms with Crippen molar-refractivity contribution in [2.45, 2.75) is 6.42 Å². The van der Waals surface area contributed by atoms with Gasteiger partial charge in [-0.05, 0) is 36.2 Å². The lowest BCUT2D eigenvalue weighted by Gasteiger charge is -2.36. The second-order valence-electron chi connectivity index (χ2n) is 7.59. The molecule has 0 saturated carbocycles. The molecule has 0 unspecified atom stereocenters. The molecule has 2 aromatic carbocycles. The predicted molar refractivity (Wildman–Crippen MR) is 123 cm³/mol. The first kappa shape index (κ1) is 18.5. The van der Waals surface area contributed by atoms with E-state index in [1.165, 1.54) is 22.2 Å². The van der Waals surface area contributed by atoms with Crippen molar-refractivity contribution in [1.29, 1.82) is 0 Å². The van der Waals surface area contributed by atoms with Crippen molar-refractivity contribution in [2.24, 2.45) is 0 Å². The first-order valence-corrected chi connectivity index (χ1v) is 10.5. The fraction of sp³-hybridized carbons (Fsp3) is 0.250. The highest BCUT2D eigenvalue weighted by Crippen LogP contribution is 2.20. The van der Waals surface area contributed by atoms with Crippen molar-refractivity contribution in [3.05, 3.63) is 78.6 Å². The van der Waals surface area contributed by atoms with Crippen LogP contribution in [-0.2, 0) is 6.42 Å². The maximum Gasteiger partial charge on any atom is 0.227 e. The highest BCUT2D eigenvalue weighted by Gasteiger charge is 2.19. The van der Waals surface area contributed by atoms with Gasteiger partial charge in [0.1, 0.15) is 5.82 Å². The molecule has 0 aliphatic carbocycles. The molecule has 1 aliphatic rings. The Bertz CT molecular complexity index is 1100. The molecule has 5 rings (SSSR count). The molecule has 30 heavy (non-hydrogen) atoms. The maximum absolute atomic E-state index is 4.75. The summed E-state index contributed by atoms with van der Waals surface area (Å²) in [4.78, 5) is 17.3. The minimum atomic E-state index is 0.805. The summed E-state index contributed by atoms with van der Waals surface area (Å²) in [5.74, 6) is 1.69. The summed E-state index contributed by atoms with van der Waals surface area (Å²) in [5.41, 5.74) is 3.79. The topological polar surface area (TPSA) is 60.1 Å². The van der Waals surface area contributed by atoms with Gasteiger partial charge >= 0.3 is 0 Å². The number of aromatic amines is 1. The third kappa shape index (κ3) is 3.94. The Morgan fingerprint density at radius 1 is 0.867 bits per heavy atom. The molecular weight excluding hydrogens is 372 g/mol. The average molecular weight is 399 g/mol. The number of aromatic nitrogens is 3. The smallest absolute Gasteiger partial charge is 0.227 e. The fourth-order valence-corrected chi connectivity index (χ4v) is 4.07. The minimum absolute atomic E-state index is 0.805. The van der Waals surface area contributed by atoms with E-state index in [1.54, 1.807) is 0 Å². The van der Waals surface area contributed by atoms with Gasteiger partial charge in [-0.3, -0.25) is 0 Å². The molecule has 1 fully saturated rings. The fourth-order valence-electron chi connectivity index (χ4n) is 4.07. The molecule has 0 atom stereocenters. The lowest BCUT2D eigenvalue weighted by atomic mass is 10.1. The molecule has 2 N–H and O–H groups in total. The van der Waals surface area contributed by atoms with Gasteiger partial charge in [-0.25, -0.2) is 4.98 Å². The molecule has 6 heteroatoms. The molecular formula is C24H26N6. The Morgan fingerprint density at radius 2 is 1.63 bits per heavy atom. The summed E-state index contributed by atoms with van der Waals surface area (Å²) in [7, 11) is 0. The predicted octanol–water partition coefficient (Wildman–Crippen LogP) is 3.94. The zero-order valence-corrected chi connectivity index (χ0v) is 17.0. The molecule has 1 saturated heterocycles. The van der Waals surface area contributed by atoms with Crippen LogP contribution in [0.25, 0.3) is 10.9 Å². The lowest BCUT2D eigenvalue weighted by Crippen LogP contribution is -2.47. The number of nitrogens with one attached hydrogen (secondary N) is 2. The van der Waals surface area contributed by atoms with Crippen LogP contribution < -0.4 is 15.1 Å². The van der Waals surface area contributed by atoms with Gasteiger partial charge < -0.3 is 20.1 Å². The van der Waals surface area contributed by atoms with Gasteiger partial charge in [-0.15, -0.1) is 0 Å². The first-order chi connectivity index (χ1) is 14.9. The van der Waals surface area contributed by atoms with Gasteiger partial charge in [-0.2, -0.15) is 4.98 Å². The van der Waals surface area contributed by atoms with Gasteiger partial charge in [0.15, 0.2) is 0 Å². The Kier molecular flexibility index (Phi) is 5.21. The van der Waals surface area contributed by atoms with E-state index < -0.39 is 0 Å². The maximum atomic E-state index is 4.75. The van der Waals surface area contributed by atoms with Gasteiger partial charge in [0.25, 0.3) is 0 Å². The Balaban J connectivity index is 1.18. The molecule has 152 valence electrons. The molecule has 3 heterocycles. The van der Waals surface area contributed by atoms with Crippen LogP contribution in [-0.4, -0.2) is 47.7 Å². The van der Waals surface area contributed by atoms with Gasteiger partial charge in [-0.1, -0.05) is 36.4 Å². The zero-order chi connectivity index (χ0) is 20.2. The minimum Gasteiger partial charge on any atom is -0.370 e. The highest BCUT2D eigenvalue weighted by molar-refractivity contribution is 5.83. The monoisotopic (exact) mass is 398 g/mol. The van der Waals surface area contributed by atoms with Crippen LogP contribution in [0.1, 0.15) is 5.56 Å². The molecule has 2 aromatic heterocycles. The summed E-state index contributed by atoms with van der Waals surface area (Å²) in [6.45, 7) is 4.64. The normalized spacial score (nSPS) is 14.3. The van der Waals surface area contributed by atoms with Crippen molar-refractivity contribution in [3.63, 3.8) is 0 Å². The zero-order valence-electron chi connectivity index (χ0n) is 17.0. The second-order valence-corrected chi connectivity index (χ2v) is 7.59. The first-order valence-electron chi connectivity index (χ1n) is 10.5. The second kappa shape index (κ2) is 8.45. The number of rotatable bonds is 6. The van der Waals surface area contributed by atoms with Crippen LogP contribution >= 0.6 is 0 Å². The SMILES string of the molecule is c1ccc(N2CCN(c3nccc(NCCc4c[nH]c5ccccc45)n3)CC2)cc1. The number of anilines is 3. The van der Waals surface area contributed by atoms with Gasteiger partial charge in [0.2, 0.25) is 5.95 Å². The average Bonchev–Trinajstić information content (AvgIpc) is 3.23. The van der Waals surface area contributed by atoms with E-state index in [2.05, 4.69) is 85.9 Å². The number of fused-ring (bicyclic) bond motifs is 1. The van der Waals surface area contributed by atoms with Crippen LogP contribution in [0.15, 0.2) is 73.1 Å². The quantitative estimate of drug-likeness (QED) is 0.515. The van der Waals surface area contributed by atoms with E-state index in [1.807, 2.05) is 12.3 Å². The van der Waals surface area contributed by atoms with Crippen LogP contribution in [0.4, 0.5) is 17.5 Å². The Hall–Kier alpha value is -3.54. The summed E-state index contributed by atoms with van der Waals surface area (Å²) >= 11 is 0. The standard InChI is InChI=1S/C24H26N6/c1-2-6-20(7-3-1)29-14-16-30(17-15-29)24-26-13-11-23(28-24)25-12-10-19-18-27-22-9-5-4-8-21(19)22/h1-9,11,13,18,27H,10,12,14-17H2,(H,25,26,28). The van der Waals surface area contributed by atoms with Crippen molar-refractivity contribution in [1.82, 2.24) is 15.0 Å². The highest BCUT2D eigenvalue weighted by atomic mass is 15.3. The largest absolute Gasteiger partial charge is 0.370 e. The molecule has 0 spiro atoms. The number of hydrogen-bond donors (Lipinski definition) is 2. The Labute approximate surface area is 176 Å². The molecule has 0 radical (unpaired) electrons. The van der Waals surface area contributed by atoms with Crippen LogP contribution in [0.5, 0.6) is 0 Å². The molecule has 1 aliphatic heterocycles.